The van der Waals surface area contributed by atoms with Crippen LogP contribution in [0.15, 0.2) is 60.0 Å². The molecule has 4 rings (SSSR count). The van der Waals surface area contributed by atoms with E-state index in [0.29, 0.717) is 22.5 Å². The summed E-state index contributed by atoms with van der Waals surface area (Å²) in [6.07, 6.45) is 6.29. The molecule has 0 unspecified atom stereocenters. The van der Waals surface area contributed by atoms with Crippen LogP contribution in [-0.2, 0) is 6.54 Å². The van der Waals surface area contributed by atoms with Crippen LogP contribution in [0.1, 0.15) is 36.2 Å². The van der Waals surface area contributed by atoms with Crippen molar-refractivity contribution in [2.24, 2.45) is 0 Å². The van der Waals surface area contributed by atoms with E-state index in [9.17, 15) is 4.79 Å². The van der Waals surface area contributed by atoms with Gasteiger partial charge in [0.05, 0.1) is 18.1 Å². The van der Waals surface area contributed by atoms with E-state index in [1.807, 2.05) is 41.1 Å². The van der Waals surface area contributed by atoms with Crippen molar-refractivity contribution < 1.29 is 9.53 Å². The number of methoxy groups -OCH3 is 1. The van der Waals surface area contributed by atoms with Gasteiger partial charge in [0.2, 0.25) is 0 Å². The summed E-state index contributed by atoms with van der Waals surface area (Å²) in [6, 6.07) is 11.8. The number of amides is 1. The number of benzene rings is 2. The van der Waals surface area contributed by atoms with Crippen LogP contribution in [0.25, 0.3) is 10.2 Å². The minimum absolute atomic E-state index is 0.0393. The second kappa shape index (κ2) is 10.4. The van der Waals surface area contributed by atoms with Crippen LogP contribution in [0.3, 0.4) is 0 Å². The Balaban J connectivity index is 1.68. The number of imidazole rings is 1. The fourth-order valence-corrected chi connectivity index (χ4v) is 5.60. The van der Waals surface area contributed by atoms with E-state index < -0.39 is 0 Å². The van der Waals surface area contributed by atoms with Crippen LogP contribution in [0.5, 0.6) is 5.75 Å². The van der Waals surface area contributed by atoms with E-state index in [2.05, 4.69) is 31.8 Å². The van der Waals surface area contributed by atoms with E-state index in [0.717, 1.165) is 39.4 Å². The number of aromatic nitrogens is 3. The molecule has 0 atom stereocenters. The lowest BCUT2D eigenvalue weighted by molar-refractivity contribution is 0.0986. The summed E-state index contributed by atoms with van der Waals surface area (Å²) in [6.45, 7) is 7.69. The SMILES string of the molecule is COc1ccc(C)c2sc(N(CCCn3ccnc3)C(=O)c3cccc(SC(C)C)c3)nc12. The van der Waals surface area contributed by atoms with Gasteiger partial charge < -0.3 is 9.30 Å². The monoisotopic (exact) mass is 480 g/mol. The number of carbonyl (C=O) groups is 1. The predicted octanol–water partition coefficient (Wildman–Crippen LogP) is 6.05. The highest BCUT2D eigenvalue weighted by atomic mass is 32.2. The molecule has 2 aromatic carbocycles. The Labute approximate surface area is 202 Å². The Hall–Kier alpha value is -2.84. The normalized spacial score (nSPS) is 11.3. The lowest BCUT2D eigenvalue weighted by Gasteiger charge is -2.20. The molecule has 2 aromatic heterocycles. The number of hydrogen-bond acceptors (Lipinski definition) is 6. The van der Waals surface area contributed by atoms with Gasteiger partial charge in [0.15, 0.2) is 5.13 Å². The summed E-state index contributed by atoms with van der Waals surface area (Å²) >= 11 is 3.29. The van der Waals surface area contributed by atoms with E-state index in [1.54, 1.807) is 36.3 Å². The Morgan fingerprint density at radius 1 is 1.27 bits per heavy atom. The van der Waals surface area contributed by atoms with Crippen molar-refractivity contribution in [3.63, 3.8) is 0 Å². The van der Waals surface area contributed by atoms with Crippen LogP contribution < -0.4 is 9.64 Å². The molecule has 0 saturated carbocycles. The predicted molar refractivity (Wildman–Crippen MR) is 137 cm³/mol. The van der Waals surface area contributed by atoms with E-state index in [1.165, 1.54) is 11.3 Å². The molecule has 172 valence electrons. The number of thiazole rings is 1. The Bertz CT molecular complexity index is 1230. The van der Waals surface area contributed by atoms with Crippen molar-refractivity contribution in [1.29, 1.82) is 0 Å². The van der Waals surface area contributed by atoms with Gasteiger partial charge in [0, 0.05) is 41.2 Å². The number of aryl methyl sites for hydroxylation is 2. The molecule has 0 spiro atoms. The smallest absolute Gasteiger partial charge is 0.260 e. The van der Waals surface area contributed by atoms with Gasteiger partial charge in [-0.2, -0.15) is 0 Å². The largest absolute Gasteiger partial charge is 0.494 e. The number of anilines is 1. The molecule has 2 heterocycles. The van der Waals surface area contributed by atoms with Gasteiger partial charge in [0.1, 0.15) is 11.3 Å². The van der Waals surface area contributed by atoms with Crippen LogP contribution in [-0.4, -0.2) is 39.3 Å². The molecule has 4 aromatic rings. The third kappa shape index (κ3) is 5.39. The second-order valence-electron chi connectivity index (χ2n) is 8.06. The molecule has 0 N–H and O–H groups in total. The molecule has 0 aliphatic rings. The quantitative estimate of drug-likeness (QED) is 0.273. The van der Waals surface area contributed by atoms with Crippen molar-refractivity contribution in [2.75, 3.05) is 18.6 Å². The first-order valence-corrected chi connectivity index (χ1v) is 12.6. The van der Waals surface area contributed by atoms with E-state index in [-0.39, 0.29) is 5.91 Å². The summed E-state index contributed by atoms with van der Waals surface area (Å²) < 4.78 is 8.60. The fraction of sp³-hybridized carbons (Fsp3) is 0.320. The molecular weight excluding hydrogens is 452 g/mol. The van der Waals surface area contributed by atoms with Crippen molar-refractivity contribution in [2.45, 2.75) is 43.9 Å². The Kier molecular flexibility index (Phi) is 7.35. The molecule has 6 nitrogen and oxygen atoms in total. The molecular formula is C25H28N4O2S2. The first-order chi connectivity index (χ1) is 16.0. The van der Waals surface area contributed by atoms with Crippen molar-refractivity contribution in [3.8, 4) is 5.75 Å². The van der Waals surface area contributed by atoms with Crippen LogP contribution in [0.4, 0.5) is 5.13 Å². The lowest BCUT2D eigenvalue weighted by atomic mass is 10.2. The van der Waals surface area contributed by atoms with Crippen LogP contribution in [0.2, 0.25) is 0 Å². The number of ether oxygens (including phenoxy) is 1. The van der Waals surface area contributed by atoms with Gasteiger partial charge >= 0.3 is 0 Å². The highest BCUT2D eigenvalue weighted by Crippen LogP contribution is 2.37. The summed E-state index contributed by atoms with van der Waals surface area (Å²) in [5.41, 5.74) is 2.59. The Morgan fingerprint density at radius 3 is 2.85 bits per heavy atom. The molecule has 0 aliphatic carbocycles. The first kappa shape index (κ1) is 23.3. The number of carbonyl (C=O) groups excluding carboxylic acids is 1. The average molecular weight is 481 g/mol. The zero-order chi connectivity index (χ0) is 23.4. The molecule has 0 aliphatic heterocycles. The van der Waals surface area contributed by atoms with Gasteiger partial charge in [-0.05, 0) is 43.2 Å². The molecule has 0 fully saturated rings. The number of fused-ring (bicyclic) bond motifs is 1. The fourth-order valence-electron chi connectivity index (χ4n) is 3.62. The van der Waals surface area contributed by atoms with Gasteiger partial charge in [-0.1, -0.05) is 37.3 Å². The highest BCUT2D eigenvalue weighted by molar-refractivity contribution is 7.99. The summed E-state index contributed by atoms with van der Waals surface area (Å²) in [7, 11) is 1.65. The maximum Gasteiger partial charge on any atom is 0.260 e. The van der Waals surface area contributed by atoms with Crippen molar-refractivity contribution >= 4 is 44.4 Å². The van der Waals surface area contributed by atoms with E-state index in [4.69, 9.17) is 9.72 Å². The van der Waals surface area contributed by atoms with Crippen molar-refractivity contribution in [1.82, 2.24) is 14.5 Å². The van der Waals surface area contributed by atoms with Crippen molar-refractivity contribution in [3.05, 3.63) is 66.2 Å². The van der Waals surface area contributed by atoms with Crippen LogP contribution >= 0.6 is 23.1 Å². The number of nitrogens with zero attached hydrogens (tertiary/aromatic N) is 4. The minimum atomic E-state index is -0.0393. The topological polar surface area (TPSA) is 60.2 Å². The zero-order valence-electron chi connectivity index (χ0n) is 19.3. The van der Waals surface area contributed by atoms with Crippen LogP contribution in [0, 0.1) is 6.92 Å². The number of hydrogen-bond donors (Lipinski definition) is 0. The zero-order valence-corrected chi connectivity index (χ0v) is 20.9. The molecule has 1 amide bonds. The van der Waals surface area contributed by atoms with Gasteiger partial charge in [-0.3, -0.25) is 9.69 Å². The van der Waals surface area contributed by atoms with Gasteiger partial charge in [-0.15, -0.1) is 11.8 Å². The first-order valence-electron chi connectivity index (χ1n) is 10.9. The summed E-state index contributed by atoms with van der Waals surface area (Å²) in [5, 5.41) is 1.14. The summed E-state index contributed by atoms with van der Waals surface area (Å²) in [5.74, 6) is 0.682. The summed E-state index contributed by atoms with van der Waals surface area (Å²) in [4.78, 5) is 25.6. The average Bonchev–Trinajstić information content (AvgIpc) is 3.47. The van der Waals surface area contributed by atoms with Gasteiger partial charge in [-0.25, -0.2) is 9.97 Å². The second-order valence-corrected chi connectivity index (χ2v) is 10.7. The minimum Gasteiger partial charge on any atom is -0.494 e. The third-order valence-corrected chi connectivity index (χ3v) is 7.41. The maximum absolute atomic E-state index is 13.7. The molecule has 0 bridgehead atoms. The number of thioether (sulfide) groups is 1. The maximum atomic E-state index is 13.7. The molecule has 33 heavy (non-hydrogen) atoms. The molecule has 0 radical (unpaired) electrons. The standard InChI is InChI=1S/C25H28N4O2S2/c1-17(2)32-20-8-5-7-19(15-20)24(30)29(13-6-12-28-14-11-26-16-28)25-27-22-21(31-4)10-9-18(3)23(22)33-25/h5,7-11,14-17H,6,12-13H2,1-4H3. The third-order valence-electron chi connectivity index (χ3n) is 5.20. The molecule has 8 heteroatoms. The van der Waals surface area contributed by atoms with Gasteiger partial charge in [0.25, 0.3) is 5.91 Å². The highest BCUT2D eigenvalue weighted by Gasteiger charge is 2.23. The van der Waals surface area contributed by atoms with E-state index >= 15 is 0 Å². The Morgan fingerprint density at radius 2 is 2.12 bits per heavy atom. The molecule has 0 saturated heterocycles. The lowest BCUT2D eigenvalue weighted by Crippen LogP contribution is -2.32. The number of rotatable bonds is 9.